The smallest absolute Gasteiger partial charge is 0.180 e. The number of ketones is 1. The first-order valence-electron chi connectivity index (χ1n) is 8.57. The van der Waals surface area contributed by atoms with Crippen molar-refractivity contribution in [2.45, 2.75) is 50.4 Å². The molecule has 1 aromatic heterocycles. The van der Waals surface area contributed by atoms with Crippen LogP contribution in [0.4, 0.5) is 0 Å². The quantitative estimate of drug-likeness (QED) is 0.565. The van der Waals surface area contributed by atoms with Crippen molar-refractivity contribution < 1.29 is 9.90 Å². The zero-order valence-electron chi connectivity index (χ0n) is 13.5. The number of aryl methyl sites for hydroxylation is 1. The number of halogens is 3. The van der Waals surface area contributed by atoms with Crippen LogP contribution < -0.4 is 0 Å². The Balaban J connectivity index is 1.54. The average Bonchev–Trinajstić information content (AvgIpc) is 3.48. The second-order valence-electron chi connectivity index (χ2n) is 7.04. The summed E-state index contributed by atoms with van der Waals surface area (Å²) < 4.78 is 0. The minimum atomic E-state index is -0.118. The Labute approximate surface area is 161 Å². The lowest BCUT2D eigenvalue weighted by atomic mass is 9.95. The van der Waals surface area contributed by atoms with Gasteiger partial charge in [0, 0.05) is 6.42 Å². The number of hydrogen-bond donors (Lipinski definition) is 2. The summed E-state index contributed by atoms with van der Waals surface area (Å²) in [6.07, 6.45) is 5.45. The van der Waals surface area contributed by atoms with Crippen molar-refractivity contribution in [3.8, 4) is 5.75 Å². The lowest BCUT2D eigenvalue weighted by molar-refractivity contribution is 0.0979. The Morgan fingerprint density at radius 3 is 2.04 bits per heavy atom. The molecule has 2 saturated carbocycles. The van der Waals surface area contributed by atoms with Crippen molar-refractivity contribution in [3.05, 3.63) is 49.7 Å². The molecule has 0 aliphatic heterocycles. The highest BCUT2D eigenvalue weighted by Crippen LogP contribution is 2.51. The molecule has 6 heteroatoms. The molecule has 0 amide bonds. The minimum Gasteiger partial charge on any atom is -0.507 e. The number of rotatable bonds is 6. The van der Waals surface area contributed by atoms with E-state index in [1.165, 1.54) is 0 Å². The highest BCUT2D eigenvalue weighted by molar-refractivity contribution is 6.49. The maximum atomic E-state index is 12.5. The van der Waals surface area contributed by atoms with Gasteiger partial charge in [-0.1, -0.05) is 46.9 Å². The highest BCUT2D eigenvalue weighted by atomic mass is 35.5. The number of hydrogen-bond acceptors (Lipinski definition) is 2. The predicted octanol–water partition coefficient (Wildman–Crippen LogP) is 6.25. The molecule has 132 valence electrons. The van der Waals surface area contributed by atoms with E-state index in [0.717, 1.165) is 42.4 Å². The van der Waals surface area contributed by atoms with E-state index in [0.29, 0.717) is 30.4 Å². The van der Waals surface area contributed by atoms with Crippen LogP contribution in [0, 0.1) is 0 Å². The third-order valence-corrected chi connectivity index (χ3v) is 6.26. The number of aromatic amines is 1. The normalized spacial score (nSPS) is 17.1. The van der Waals surface area contributed by atoms with Crippen LogP contribution in [0.25, 0.3) is 0 Å². The van der Waals surface area contributed by atoms with Crippen LogP contribution in [-0.2, 0) is 6.42 Å². The summed E-state index contributed by atoms with van der Waals surface area (Å²) in [7, 11) is 0. The lowest BCUT2D eigenvalue weighted by Crippen LogP contribution is -2.03. The van der Waals surface area contributed by atoms with Crippen molar-refractivity contribution in [2.75, 3.05) is 0 Å². The maximum absolute atomic E-state index is 12.5. The molecule has 1 aromatic carbocycles. The zero-order valence-corrected chi connectivity index (χ0v) is 15.8. The third kappa shape index (κ3) is 3.42. The lowest BCUT2D eigenvalue weighted by Gasteiger charge is -2.12. The van der Waals surface area contributed by atoms with Crippen LogP contribution in [0.1, 0.15) is 71.1 Å². The average molecular weight is 399 g/mol. The van der Waals surface area contributed by atoms with Crippen LogP contribution >= 0.6 is 34.8 Å². The van der Waals surface area contributed by atoms with E-state index >= 15 is 0 Å². The number of aromatic nitrogens is 1. The van der Waals surface area contributed by atoms with Gasteiger partial charge in [0.05, 0.1) is 10.0 Å². The van der Waals surface area contributed by atoms with Gasteiger partial charge in [0.15, 0.2) is 5.78 Å². The van der Waals surface area contributed by atoms with E-state index in [4.69, 9.17) is 34.8 Å². The molecule has 0 bridgehead atoms. The van der Waals surface area contributed by atoms with Gasteiger partial charge in [0.25, 0.3) is 0 Å². The van der Waals surface area contributed by atoms with Gasteiger partial charge in [-0.15, -0.1) is 0 Å². The number of nitrogens with one attached hydrogen (secondary N) is 1. The zero-order chi connectivity index (χ0) is 17.7. The molecule has 0 atom stereocenters. The summed E-state index contributed by atoms with van der Waals surface area (Å²) in [5.41, 5.74) is 3.46. The first-order chi connectivity index (χ1) is 12.0. The molecule has 2 aliphatic carbocycles. The topological polar surface area (TPSA) is 53.1 Å². The molecule has 2 N–H and O–H groups in total. The first kappa shape index (κ1) is 17.3. The van der Waals surface area contributed by atoms with Crippen molar-refractivity contribution in [1.82, 2.24) is 4.98 Å². The SMILES string of the molecule is O=C(CCc1cc(C2CC2)c(O)c(C2CC2)c1)c1[nH]c(Cl)c(Cl)c1Cl. The van der Waals surface area contributed by atoms with Gasteiger partial charge in [-0.2, -0.15) is 0 Å². The monoisotopic (exact) mass is 397 g/mol. The summed E-state index contributed by atoms with van der Waals surface area (Å²) in [6, 6.07) is 4.12. The molecule has 2 fully saturated rings. The summed E-state index contributed by atoms with van der Waals surface area (Å²) in [4.78, 5) is 15.2. The van der Waals surface area contributed by atoms with Crippen molar-refractivity contribution in [1.29, 1.82) is 0 Å². The van der Waals surface area contributed by atoms with Gasteiger partial charge >= 0.3 is 0 Å². The largest absolute Gasteiger partial charge is 0.507 e. The van der Waals surface area contributed by atoms with E-state index in [1.54, 1.807) is 0 Å². The van der Waals surface area contributed by atoms with Crippen molar-refractivity contribution in [2.24, 2.45) is 0 Å². The van der Waals surface area contributed by atoms with Crippen LogP contribution in [0.2, 0.25) is 15.2 Å². The minimum absolute atomic E-state index is 0.118. The first-order valence-corrected chi connectivity index (χ1v) is 9.70. The van der Waals surface area contributed by atoms with Gasteiger partial charge in [0.1, 0.15) is 16.6 Å². The van der Waals surface area contributed by atoms with E-state index in [9.17, 15) is 9.90 Å². The summed E-state index contributed by atoms with van der Waals surface area (Å²) in [6.45, 7) is 0. The van der Waals surface area contributed by atoms with Crippen LogP contribution in [0.5, 0.6) is 5.75 Å². The fourth-order valence-electron chi connectivity index (χ4n) is 3.30. The number of carbonyl (C=O) groups excluding carboxylic acids is 1. The molecular weight excluding hydrogens is 381 g/mol. The molecule has 3 nitrogen and oxygen atoms in total. The second-order valence-corrected chi connectivity index (χ2v) is 8.17. The van der Waals surface area contributed by atoms with Crippen molar-refractivity contribution in [3.63, 3.8) is 0 Å². The molecule has 4 rings (SSSR count). The second kappa shape index (κ2) is 6.53. The molecule has 0 saturated heterocycles. The van der Waals surface area contributed by atoms with Crippen LogP contribution in [0.15, 0.2) is 12.1 Å². The van der Waals surface area contributed by atoms with E-state index < -0.39 is 0 Å². The van der Waals surface area contributed by atoms with Gasteiger partial charge in [-0.25, -0.2) is 0 Å². The van der Waals surface area contributed by atoms with Gasteiger partial charge in [-0.05, 0) is 60.6 Å². The molecule has 1 heterocycles. The number of phenols is 1. The third-order valence-electron chi connectivity index (χ3n) is 5.02. The van der Waals surface area contributed by atoms with Gasteiger partial charge in [0.2, 0.25) is 0 Å². The molecule has 2 aliphatic rings. The van der Waals surface area contributed by atoms with E-state index in [1.807, 2.05) is 0 Å². The van der Waals surface area contributed by atoms with E-state index in [-0.39, 0.29) is 26.7 Å². The molecule has 0 radical (unpaired) electrons. The number of aromatic hydroxyl groups is 1. The number of benzene rings is 1. The number of Topliss-reactive ketones (excluding diaryl/α,β-unsaturated/α-hetero) is 1. The Hall–Kier alpha value is -1.16. The fourth-order valence-corrected chi connectivity index (χ4v) is 3.93. The predicted molar refractivity (Wildman–Crippen MR) is 101 cm³/mol. The van der Waals surface area contributed by atoms with Crippen molar-refractivity contribution >= 4 is 40.6 Å². The summed E-state index contributed by atoms with van der Waals surface area (Å²) in [5.74, 6) is 1.31. The number of carbonyl (C=O) groups is 1. The van der Waals surface area contributed by atoms with Gasteiger partial charge < -0.3 is 10.1 Å². The van der Waals surface area contributed by atoms with Crippen LogP contribution in [-0.4, -0.2) is 15.9 Å². The Morgan fingerprint density at radius 2 is 1.60 bits per heavy atom. The Kier molecular flexibility index (Phi) is 4.51. The molecular formula is C19H18Cl3NO2. The molecule has 0 unspecified atom stereocenters. The maximum Gasteiger partial charge on any atom is 0.180 e. The Bertz CT molecular complexity index is 818. The summed E-state index contributed by atoms with van der Waals surface area (Å²) >= 11 is 17.9. The van der Waals surface area contributed by atoms with E-state index in [2.05, 4.69) is 17.1 Å². The van der Waals surface area contributed by atoms with Crippen LogP contribution in [0.3, 0.4) is 0 Å². The standard InChI is InChI=1S/C19H18Cl3NO2/c20-15-16(21)19(22)23-17(15)14(24)6-1-9-7-12(10-2-3-10)18(25)13(8-9)11-4-5-11/h7-8,10-11,23,25H,1-6H2. The number of H-pyrrole nitrogens is 1. The molecule has 2 aromatic rings. The summed E-state index contributed by atoms with van der Waals surface area (Å²) in [5, 5.41) is 11.1. The van der Waals surface area contributed by atoms with Gasteiger partial charge in [-0.3, -0.25) is 4.79 Å². The molecule has 25 heavy (non-hydrogen) atoms. The number of phenolic OH excluding ortho intramolecular Hbond substituents is 1. The Morgan fingerprint density at radius 1 is 1.04 bits per heavy atom. The molecule has 0 spiro atoms. The fraction of sp³-hybridized carbons (Fsp3) is 0.421. The highest BCUT2D eigenvalue weighted by Gasteiger charge is 2.32.